The molecule has 4 aromatic rings. The first-order valence-electron chi connectivity index (χ1n) is 12.2. The lowest BCUT2D eigenvalue weighted by molar-refractivity contribution is 0.0987. The Kier molecular flexibility index (Phi) is 7.19. The van der Waals surface area contributed by atoms with Gasteiger partial charge in [0.2, 0.25) is 15.2 Å². The Bertz CT molecular complexity index is 1550. The Morgan fingerprint density at radius 3 is 2.32 bits per heavy atom. The maximum Gasteiger partial charge on any atom is 0.280 e. The van der Waals surface area contributed by atoms with Crippen LogP contribution >= 0.6 is 11.3 Å². The molecule has 0 atom stereocenters. The zero-order valence-electron chi connectivity index (χ0n) is 20.8. The summed E-state index contributed by atoms with van der Waals surface area (Å²) < 4.78 is 28.5. The summed E-state index contributed by atoms with van der Waals surface area (Å²) in [6.07, 6.45) is 4.41. The summed E-state index contributed by atoms with van der Waals surface area (Å²) in [5.74, 6) is -0.388. The molecule has 3 aromatic carbocycles. The molecule has 1 aliphatic heterocycles. The quantitative estimate of drug-likeness (QED) is 0.233. The van der Waals surface area contributed by atoms with E-state index in [2.05, 4.69) is 10.1 Å². The number of aromatic nitrogens is 1. The van der Waals surface area contributed by atoms with Crippen LogP contribution in [0.1, 0.15) is 46.3 Å². The van der Waals surface area contributed by atoms with Crippen LogP contribution in [0.4, 0.5) is 5.13 Å². The number of thiazole rings is 1. The van der Waals surface area contributed by atoms with Crippen LogP contribution in [0, 0.1) is 13.8 Å². The van der Waals surface area contributed by atoms with E-state index in [1.165, 1.54) is 32.8 Å². The fourth-order valence-corrected chi connectivity index (χ4v) is 6.76. The predicted octanol–water partition coefficient (Wildman–Crippen LogP) is 5.77. The average molecular weight is 533 g/mol. The molecular formula is C28H28N4O3S2. The maximum absolute atomic E-state index is 13.6. The molecule has 190 valence electrons. The zero-order valence-corrected chi connectivity index (χ0v) is 22.4. The van der Waals surface area contributed by atoms with Crippen LogP contribution in [0.2, 0.25) is 0 Å². The third kappa shape index (κ3) is 5.49. The minimum Gasteiger partial charge on any atom is -0.267 e. The number of piperidine rings is 1. The topological polar surface area (TPSA) is 82.9 Å². The average Bonchev–Trinajstić information content (AvgIpc) is 3.33. The number of hydrogen-bond donors (Lipinski definition) is 0. The summed E-state index contributed by atoms with van der Waals surface area (Å²) in [6, 6.07) is 19.9. The van der Waals surface area contributed by atoms with Gasteiger partial charge in [-0.05, 0) is 74.2 Å². The van der Waals surface area contributed by atoms with Gasteiger partial charge in [0.25, 0.3) is 5.91 Å². The lowest BCUT2D eigenvalue weighted by atomic mass is 10.2. The lowest BCUT2D eigenvalue weighted by Gasteiger charge is -2.25. The molecule has 0 aliphatic carbocycles. The molecule has 1 fully saturated rings. The summed E-state index contributed by atoms with van der Waals surface area (Å²) in [5.41, 5.74) is 4.20. The molecule has 0 radical (unpaired) electrons. The SMILES string of the molecule is Cc1ccc(/C=N/N(C(=O)c2ccc(S(=O)(=O)N3CCCCC3)cc2)c2nc3ccc(C)cc3s2)cc1. The van der Waals surface area contributed by atoms with Gasteiger partial charge in [-0.25, -0.2) is 13.4 Å². The van der Waals surface area contributed by atoms with Gasteiger partial charge < -0.3 is 0 Å². The van der Waals surface area contributed by atoms with E-state index in [0.29, 0.717) is 23.8 Å². The van der Waals surface area contributed by atoms with Crippen molar-refractivity contribution >= 4 is 48.8 Å². The molecule has 9 heteroatoms. The minimum absolute atomic E-state index is 0.191. The third-order valence-electron chi connectivity index (χ3n) is 6.36. The van der Waals surface area contributed by atoms with E-state index >= 15 is 0 Å². The number of amides is 1. The maximum atomic E-state index is 13.6. The molecule has 1 amide bonds. The molecular weight excluding hydrogens is 504 g/mol. The highest BCUT2D eigenvalue weighted by atomic mass is 32.2. The van der Waals surface area contributed by atoms with Crippen molar-refractivity contribution in [2.45, 2.75) is 38.0 Å². The molecule has 37 heavy (non-hydrogen) atoms. The summed E-state index contributed by atoms with van der Waals surface area (Å²) in [5, 5.41) is 6.24. The Morgan fingerprint density at radius 1 is 0.946 bits per heavy atom. The zero-order chi connectivity index (χ0) is 26.0. The van der Waals surface area contributed by atoms with Gasteiger partial charge in [-0.2, -0.15) is 14.4 Å². The molecule has 0 N–H and O–H groups in total. The van der Waals surface area contributed by atoms with E-state index in [4.69, 9.17) is 0 Å². The standard InChI is InChI=1S/C28H28N4O3S2/c1-20-6-9-22(10-7-20)19-29-32(28-30-25-15-8-21(2)18-26(25)36-28)27(33)23-11-13-24(14-12-23)37(34,35)31-16-4-3-5-17-31/h6-15,18-19H,3-5,16-17H2,1-2H3/b29-19+. The van der Waals surface area contributed by atoms with Crippen molar-refractivity contribution in [2.75, 3.05) is 18.1 Å². The Labute approximate surface area is 221 Å². The number of fused-ring (bicyclic) bond motifs is 1. The van der Waals surface area contributed by atoms with E-state index in [9.17, 15) is 13.2 Å². The number of sulfonamides is 1. The predicted molar refractivity (Wildman–Crippen MR) is 149 cm³/mol. The Morgan fingerprint density at radius 2 is 1.62 bits per heavy atom. The van der Waals surface area contributed by atoms with Gasteiger partial charge in [-0.3, -0.25) is 4.79 Å². The van der Waals surface area contributed by atoms with Crippen LogP contribution in [0.5, 0.6) is 0 Å². The van der Waals surface area contributed by atoms with Crippen LogP contribution in [-0.4, -0.2) is 42.9 Å². The minimum atomic E-state index is -3.58. The number of rotatable bonds is 6. The first kappa shape index (κ1) is 25.3. The second kappa shape index (κ2) is 10.5. The first-order valence-corrected chi connectivity index (χ1v) is 14.5. The van der Waals surface area contributed by atoms with E-state index in [1.807, 2.05) is 56.3 Å². The summed E-state index contributed by atoms with van der Waals surface area (Å²) in [4.78, 5) is 18.5. The van der Waals surface area contributed by atoms with Gasteiger partial charge >= 0.3 is 0 Å². The number of carbonyl (C=O) groups excluding carboxylic acids is 1. The number of hydrazone groups is 1. The molecule has 2 heterocycles. The van der Waals surface area contributed by atoms with Gasteiger partial charge in [-0.1, -0.05) is 53.7 Å². The highest BCUT2D eigenvalue weighted by Gasteiger charge is 2.27. The fourth-order valence-electron chi connectivity index (χ4n) is 4.22. The fraction of sp³-hybridized carbons (Fsp3) is 0.250. The van der Waals surface area contributed by atoms with Gasteiger partial charge in [0.05, 0.1) is 21.3 Å². The molecule has 0 bridgehead atoms. The first-order chi connectivity index (χ1) is 17.8. The normalized spacial score (nSPS) is 14.9. The van der Waals surface area contributed by atoms with E-state index in [1.54, 1.807) is 18.3 Å². The number of hydrogen-bond acceptors (Lipinski definition) is 6. The van der Waals surface area contributed by atoms with Crippen LogP contribution in [0.25, 0.3) is 10.2 Å². The number of anilines is 1. The van der Waals surface area contributed by atoms with Crippen molar-refractivity contribution in [2.24, 2.45) is 5.10 Å². The van der Waals surface area contributed by atoms with Crippen molar-refractivity contribution < 1.29 is 13.2 Å². The highest BCUT2D eigenvalue weighted by molar-refractivity contribution is 7.89. The van der Waals surface area contributed by atoms with Gasteiger partial charge in [0.1, 0.15) is 0 Å². The van der Waals surface area contributed by atoms with Gasteiger partial charge in [-0.15, -0.1) is 0 Å². The monoisotopic (exact) mass is 532 g/mol. The molecule has 0 unspecified atom stereocenters. The Hall–Kier alpha value is -3.40. The molecule has 0 saturated carbocycles. The van der Waals surface area contributed by atoms with Crippen molar-refractivity contribution in [1.82, 2.24) is 9.29 Å². The lowest BCUT2D eigenvalue weighted by Crippen LogP contribution is -2.35. The molecule has 5 rings (SSSR count). The van der Waals surface area contributed by atoms with Crippen LogP contribution in [0.15, 0.2) is 76.7 Å². The van der Waals surface area contributed by atoms with Crippen molar-refractivity contribution in [3.8, 4) is 0 Å². The van der Waals surface area contributed by atoms with E-state index < -0.39 is 10.0 Å². The number of aryl methyl sites for hydroxylation is 2. The molecule has 1 aromatic heterocycles. The molecule has 1 aliphatic rings. The largest absolute Gasteiger partial charge is 0.280 e. The van der Waals surface area contributed by atoms with Crippen LogP contribution in [-0.2, 0) is 10.0 Å². The van der Waals surface area contributed by atoms with Gasteiger partial charge in [0.15, 0.2) is 0 Å². The van der Waals surface area contributed by atoms with E-state index in [-0.39, 0.29) is 10.8 Å². The molecule has 7 nitrogen and oxygen atoms in total. The van der Waals surface area contributed by atoms with E-state index in [0.717, 1.165) is 46.2 Å². The van der Waals surface area contributed by atoms with Crippen molar-refractivity contribution in [1.29, 1.82) is 0 Å². The number of nitrogens with zero attached hydrogens (tertiary/aromatic N) is 4. The third-order valence-corrected chi connectivity index (χ3v) is 9.27. The molecule has 1 saturated heterocycles. The van der Waals surface area contributed by atoms with Crippen molar-refractivity contribution in [3.05, 3.63) is 89.0 Å². The van der Waals surface area contributed by atoms with Crippen LogP contribution in [0.3, 0.4) is 0 Å². The van der Waals surface area contributed by atoms with Crippen LogP contribution < -0.4 is 5.01 Å². The number of carbonyl (C=O) groups is 1. The Balaban J connectivity index is 1.47. The van der Waals surface area contributed by atoms with Gasteiger partial charge in [0, 0.05) is 18.7 Å². The summed E-state index contributed by atoms with van der Waals surface area (Å²) >= 11 is 1.38. The second-order valence-electron chi connectivity index (χ2n) is 9.23. The highest BCUT2D eigenvalue weighted by Crippen LogP contribution is 2.31. The summed E-state index contributed by atoms with van der Waals surface area (Å²) in [7, 11) is -3.58. The van der Waals surface area contributed by atoms with Crippen molar-refractivity contribution in [3.63, 3.8) is 0 Å². The number of benzene rings is 3. The second-order valence-corrected chi connectivity index (χ2v) is 12.2. The smallest absolute Gasteiger partial charge is 0.267 e. The molecule has 0 spiro atoms. The summed E-state index contributed by atoms with van der Waals surface area (Å²) in [6.45, 7) is 5.08.